The summed E-state index contributed by atoms with van der Waals surface area (Å²) in [5.74, 6) is -0.966. The van der Waals surface area contributed by atoms with Crippen LogP contribution in [0.25, 0.3) is 0 Å². The van der Waals surface area contributed by atoms with E-state index in [-0.39, 0.29) is 5.56 Å². The zero-order valence-electron chi connectivity index (χ0n) is 9.91. The van der Waals surface area contributed by atoms with E-state index in [1.165, 1.54) is 30.1 Å². The minimum absolute atomic E-state index is 0.214. The first-order valence-electron chi connectivity index (χ1n) is 5.23. The van der Waals surface area contributed by atoms with Gasteiger partial charge in [0.2, 0.25) is 0 Å². The van der Waals surface area contributed by atoms with Crippen LogP contribution < -0.4 is 0 Å². The Hall–Kier alpha value is -1.95. The fourth-order valence-corrected chi connectivity index (χ4v) is 2.20. The molecule has 0 bridgehead atoms. The topological polar surface area (TPSA) is 76.0 Å². The highest BCUT2D eigenvalue weighted by molar-refractivity contribution is 7.99. The van der Waals surface area contributed by atoms with Gasteiger partial charge in [0.1, 0.15) is 10.1 Å². The molecule has 0 amide bonds. The first kappa shape index (κ1) is 12.5. The molecule has 0 atom stereocenters. The standard InChI is InChI=1S/C12H11N3O2S/c1-7-6-14-8(2)11(15-7)18-10-5-9(12(16)17)3-4-13-10/h3-6H,1-2H3,(H,16,17). The van der Waals surface area contributed by atoms with E-state index in [2.05, 4.69) is 15.0 Å². The molecule has 0 aliphatic carbocycles. The Labute approximate surface area is 108 Å². The highest BCUT2D eigenvalue weighted by Crippen LogP contribution is 2.26. The molecule has 1 N–H and O–H groups in total. The Kier molecular flexibility index (Phi) is 3.57. The summed E-state index contributed by atoms with van der Waals surface area (Å²) in [6.45, 7) is 3.72. The number of carbonyl (C=O) groups is 1. The van der Waals surface area contributed by atoms with Crippen molar-refractivity contribution in [3.05, 3.63) is 41.5 Å². The van der Waals surface area contributed by atoms with Gasteiger partial charge in [-0.2, -0.15) is 0 Å². The predicted molar refractivity (Wildman–Crippen MR) is 66.8 cm³/mol. The van der Waals surface area contributed by atoms with Gasteiger partial charge in [-0.1, -0.05) is 0 Å². The lowest BCUT2D eigenvalue weighted by Crippen LogP contribution is -1.97. The van der Waals surface area contributed by atoms with E-state index in [4.69, 9.17) is 5.11 Å². The zero-order chi connectivity index (χ0) is 13.1. The fraction of sp³-hybridized carbons (Fsp3) is 0.167. The van der Waals surface area contributed by atoms with Crippen molar-refractivity contribution >= 4 is 17.7 Å². The summed E-state index contributed by atoms with van der Waals surface area (Å²) in [4.78, 5) is 23.5. The lowest BCUT2D eigenvalue weighted by atomic mass is 10.3. The van der Waals surface area contributed by atoms with Gasteiger partial charge < -0.3 is 5.11 Å². The van der Waals surface area contributed by atoms with Crippen LogP contribution in [0.1, 0.15) is 21.7 Å². The predicted octanol–water partition coefficient (Wildman–Crippen LogP) is 2.34. The number of hydrogen-bond acceptors (Lipinski definition) is 5. The summed E-state index contributed by atoms with van der Waals surface area (Å²) in [5, 5.41) is 10.2. The van der Waals surface area contributed by atoms with Gasteiger partial charge >= 0.3 is 5.97 Å². The molecule has 0 fully saturated rings. The number of aryl methyl sites for hydroxylation is 2. The molecular formula is C12H11N3O2S. The number of carboxylic acids is 1. The van der Waals surface area contributed by atoms with Crippen LogP contribution in [-0.4, -0.2) is 26.0 Å². The largest absolute Gasteiger partial charge is 0.478 e. The van der Waals surface area contributed by atoms with Crippen LogP contribution in [0.3, 0.4) is 0 Å². The molecule has 92 valence electrons. The fourth-order valence-electron chi connectivity index (χ4n) is 1.31. The van der Waals surface area contributed by atoms with Crippen molar-refractivity contribution in [3.63, 3.8) is 0 Å². The van der Waals surface area contributed by atoms with Gasteiger partial charge in [0.25, 0.3) is 0 Å². The highest BCUT2D eigenvalue weighted by Gasteiger charge is 2.08. The molecular weight excluding hydrogens is 250 g/mol. The van der Waals surface area contributed by atoms with Gasteiger partial charge in [-0.3, -0.25) is 4.98 Å². The Balaban J connectivity index is 2.31. The normalized spacial score (nSPS) is 10.3. The van der Waals surface area contributed by atoms with Crippen molar-refractivity contribution in [3.8, 4) is 0 Å². The van der Waals surface area contributed by atoms with E-state index in [0.717, 1.165) is 16.4 Å². The molecule has 0 unspecified atom stereocenters. The molecule has 0 aromatic carbocycles. The second-order valence-corrected chi connectivity index (χ2v) is 4.70. The molecule has 2 heterocycles. The summed E-state index contributed by atoms with van der Waals surface area (Å²) in [6.07, 6.45) is 3.17. The average molecular weight is 261 g/mol. The van der Waals surface area contributed by atoms with Crippen LogP contribution in [0.4, 0.5) is 0 Å². The monoisotopic (exact) mass is 261 g/mol. The Morgan fingerprint density at radius 2 is 2.11 bits per heavy atom. The number of aromatic carboxylic acids is 1. The summed E-state index contributed by atoms with van der Waals surface area (Å²) in [6, 6.07) is 2.98. The lowest BCUT2D eigenvalue weighted by molar-refractivity contribution is 0.0696. The molecule has 6 heteroatoms. The van der Waals surface area contributed by atoms with Crippen molar-refractivity contribution in [2.75, 3.05) is 0 Å². The van der Waals surface area contributed by atoms with Crippen LogP contribution in [0.2, 0.25) is 0 Å². The quantitative estimate of drug-likeness (QED) is 0.913. The van der Waals surface area contributed by atoms with Gasteiger partial charge in [-0.15, -0.1) is 0 Å². The van der Waals surface area contributed by atoms with Crippen LogP contribution in [0.5, 0.6) is 0 Å². The van der Waals surface area contributed by atoms with Gasteiger partial charge in [0.05, 0.1) is 17.0 Å². The van der Waals surface area contributed by atoms with E-state index in [9.17, 15) is 4.79 Å². The maximum Gasteiger partial charge on any atom is 0.335 e. The number of aromatic nitrogens is 3. The van der Waals surface area contributed by atoms with Crippen LogP contribution in [-0.2, 0) is 0 Å². The molecule has 0 saturated heterocycles. The first-order chi connectivity index (χ1) is 8.56. The van der Waals surface area contributed by atoms with Gasteiger partial charge in [0.15, 0.2) is 0 Å². The van der Waals surface area contributed by atoms with E-state index >= 15 is 0 Å². The molecule has 0 saturated carbocycles. The zero-order valence-corrected chi connectivity index (χ0v) is 10.7. The average Bonchev–Trinajstić information content (AvgIpc) is 2.34. The van der Waals surface area contributed by atoms with E-state index < -0.39 is 5.97 Å². The minimum Gasteiger partial charge on any atom is -0.478 e. The molecule has 0 aliphatic rings. The maximum absolute atomic E-state index is 10.9. The Morgan fingerprint density at radius 3 is 2.83 bits per heavy atom. The van der Waals surface area contributed by atoms with E-state index in [0.29, 0.717) is 5.03 Å². The molecule has 2 aromatic rings. The molecule has 2 rings (SSSR count). The second-order valence-electron chi connectivity index (χ2n) is 3.69. The molecule has 0 spiro atoms. The number of nitrogens with zero attached hydrogens (tertiary/aromatic N) is 3. The molecule has 0 radical (unpaired) electrons. The number of hydrogen-bond donors (Lipinski definition) is 1. The summed E-state index contributed by atoms with van der Waals surface area (Å²) < 4.78 is 0. The van der Waals surface area contributed by atoms with Gasteiger partial charge in [-0.05, 0) is 37.7 Å². The Morgan fingerprint density at radius 1 is 1.33 bits per heavy atom. The molecule has 2 aromatic heterocycles. The van der Waals surface area contributed by atoms with Crippen molar-refractivity contribution in [1.29, 1.82) is 0 Å². The third-order valence-corrected chi connectivity index (χ3v) is 3.23. The third-order valence-electron chi connectivity index (χ3n) is 2.22. The lowest BCUT2D eigenvalue weighted by Gasteiger charge is -2.04. The van der Waals surface area contributed by atoms with E-state index in [1.54, 1.807) is 6.20 Å². The number of rotatable bonds is 3. The number of carboxylic acid groups (broad SMARTS) is 1. The van der Waals surface area contributed by atoms with Crippen molar-refractivity contribution < 1.29 is 9.90 Å². The first-order valence-corrected chi connectivity index (χ1v) is 6.05. The highest BCUT2D eigenvalue weighted by atomic mass is 32.2. The Bertz CT molecular complexity index is 602. The van der Waals surface area contributed by atoms with Crippen LogP contribution in [0, 0.1) is 13.8 Å². The van der Waals surface area contributed by atoms with Crippen LogP contribution >= 0.6 is 11.8 Å². The molecule has 0 aliphatic heterocycles. The number of pyridine rings is 1. The van der Waals surface area contributed by atoms with Crippen molar-refractivity contribution in [2.24, 2.45) is 0 Å². The SMILES string of the molecule is Cc1cnc(C)c(Sc2cc(C(=O)O)ccn2)n1. The smallest absolute Gasteiger partial charge is 0.335 e. The molecule has 5 nitrogen and oxygen atoms in total. The van der Waals surface area contributed by atoms with Gasteiger partial charge in [-0.25, -0.2) is 14.8 Å². The summed E-state index contributed by atoms with van der Waals surface area (Å²) in [5.41, 5.74) is 1.83. The van der Waals surface area contributed by atoms with Crippen LogP contribution in [0.15, 0.2) is 34.6 Å². The van der Waals surface area contributed by atoms with Crippen molar-refractivity contribution in [1.82, 2.24) is 15.0 Å². The van der Waals surface area contributed by atoms with Gasteiger partial charge in [0, 0.05) is 12.4 Å². The summed E-state index contributed by atoms with van der Waals surface area (Å²) in [7, 11) is 0. The molecule has 18 heavy (non-hydrogen) atoms. The summed E-state index contributed by atoms with van der Waals surface area (Å²) >= 11 is 1.31. The third kappa shape index (κ3) is 2.84. The maximum atomic E-state index is 10.9. The second kappa shape index (κ2) is 5.14. The van der Waals surface area contributed by atoms with Crippen molar-refractivity contribution in [2.45, 2.75) is 23.9 Å². The minimum atomic E-state index is -0.966. The van der Waals surface area contributed by atoms with E-state index in [1.807, 2.05) is 13.8 Å².